The van der Waals surface area contributed by atoms with Gasteiger partial charge in [-0.15, -0.1) is 0 Å². The van der Waals surface area contributed by atoms with Crippen molar-refractivity contribution in [3.8, 4) is 5.75 Å². The van der Waals surface area contributed by atoms with Gasteiger partial charge in [-0.1, -0.05) is 20.3 Å². The van der Waals surface area contributed by atoms with Gasteiger partial charge in [0.2, 0.25) is 5.91 Å². The predicted octanol–water partition coefficient (Wildman–Crippen LogP) is 3.75. The summed E-state index contributed by atoms with van der Waals surface area (Å²) in [4.78, 5) is 57.5. The van der Waals surface area contributed by atoms with Crippen LogP contribution in [0.1, 0.15) is 49.0 Å². The number of hydrogen-bond donors (Lipinski definition) is 1. The second kappa shape index (κ2) is 11.0. The normalized spacial score (nSPS) is 18.4. The third-order valence-electron chi connectivity index (χ3n) is 7.91. The minimum Gasteiger partial charge on any atom is -0.497 e. The first-order valence-electron chi connectivity index (χ1n) is 13.2. The molecular weight excluding hydrogens is 503 g/mol. The molecule has 2 atom stereocenters. The molecule has 2 aromatic rings. The fourth-order valence-electron chi connectivity index (χ4n) is 5.42. The molecule has 4 rings (SSSR count). The molecule has 2 fully saturated rings. The van der Waals surface area contributed by atoms with Gasteiger partial charge in [0.1, 0.15) is 23.1 Å². The molecule has 9 nitrogen and oxygen atoms in total. The van der Waals surface area contributed by atoms with Gasteiger partial charge in [-0.3, -0.25) is 24.2 Å². The van der Waals surface area contributed by atoms with E-state index in [1.807, 2.05) is 13.8 Å². The van der Waals surface area contributed by atoms with Crippen LogP contribution in [-0.4, -0.2) is 72.4 Å². The topological polar surface area (TPSA) is 99.3 Å². The number of amides is 5. The zero-order valence-electron chi connectivity index (χ0n) is 23.0. The lowest BCUT2D eigenvalue weighted by Crippen LogP contribution is -2.60. The van der Waals surface area contributed by atoms with Crippen LogP contribution in [0.4, 0.5) is 14.9 Å². The lowest BCUT2D eigenvalue weighted by Gasteiger charge is -2.43. The molecule has 2 aliphatic heterocycles. The number of urea groups is 1. The number of hydrogen-bond acceptors (Lipinski definition) is 5. The molecule has 0 saturated carbocycles. The summed E-state index contributed by atoms with van der Waals surface area (Å²) < 4.78 is 19.1. The van der Waals surface area contributed by atoms with E-state index in [9.17, 15) is 23.6 Å². The number of likely N-dealkylation sites (tertiary alicyclic amines) is 1. The molecule has 5 amide bonds. The molecule has 39 heavy (non-hydrogen) atoms. The Bertz CT molecular complexity index is 1250. The van der Waals surface area contributed by atoms with E-state index in [1.54, 1.807) is 49.3 Å². The van der Waals surface area contributed by atoms with Crippen molar-refractivity contribution in [1.82, 2.24) is 15.1 Å². The van der Waals surface area contributed by atoms with E-state index in [4.69, 9.17) is 4.74 Å². The van der Waals surface area contributed by atoms with Crippen molar-refractivity contribution in [3.63, 3.8) is 0 Å². The Labute approximate surface area is 227 Å². The minimum atomic E-state index is -1.11. The van der Waals surface area contributed by atoms with Gasteiger partial charge in [0, 0.05) is 31.4 Å². The number of nitrogens with one attached hydrogen (secondary N) is 1. The Kier molecular flexibility index (Phi) is 7.94. The highest BCUT2D eigenvalue weighted by Gasteiger charge is 2.58. The van der Waals surface area contributed by atoms with E-state index < -0.39 is 29.3 Å². The number of aryl methyl sites for hydroxylation is 1. The van der Waals surface area contributed by atoms with Gasteiger partial charge in [0.05, 0.1) is 7.11 Å². The maximum Gasteiger partial charge on any atom is 0.331 e. The number of anilines is 1. The first-order chi connectivity index (χ1) is 18.5. The molecule has 208 valence electrons. The summed E-state index contributed by atoms with van der Waals surface area (Å²) >= 11 is 0. The fraction of sp³-hybridized carbons (Fsp3) is 0.448. The summed E-state index contributed by atoms with van der Waals surface area (Å²) in [5, 5.41) is 2.82. The van der Waals surface area contributed by atoms with E-state index in [0.29, 0.717) is 23.4 Å². The van der Waals surface area contributed by atoms with Crippen molar-refractivity contribution in [2.75, 3.05) is 32.1 Å². The van der Waals surface area contributed by atoms with Crippen LogP contribution in [0.15, 0.2) is 42.5 Å². The van der Waals surface area contributed by atoms with Crippen molar-refractivity contribution < 1.29 is 28.3 Å². The van der Waals surface area contributed by atoms with E-state index in [0.717, 1.165) is 11.0 Å². The van der Waals surface area contributed by atoms with Crippen LogP contribution in [0, 0.1) is 18.7 Å². The first-order valence-corrected chi connectivity index (χ1v) is 13.2. The molecule has 1 N–H and O–H groups in total. The molecule has 2 saturated heterocycles. The summed E-state index contributed by atoms with van der Waals surface area (Å²) in [6.07, 6.45) is 1.15. The lowest BCUT2D eigenvalue weighted by molar-refractivity contribution is -0.139. The van der Waals surface area contributed by atoms with E-state index in [1.165, 1.54) is 18.0 Å². The molecule has 0 aromatic heterocycles. The number of methoxy groups -OCH3 is 1. The van der Waals surface area contributed by atoms with Crippen molar-refractivity contribution >= 4 is 29.4 Å². The van der Waals surface area contributed by atoms with Crippen LogP contribution in [-0.2, 0) is 9.59 Å². The minimum absolute atomic E-state index is 0.152. The molecule has 0 aliphatic carbocycles. The van der Waals surface area contributed by atoms with E-state index >= 15 is 0 Å². The van der Waals surface area contributed by atoms with E-state index in [2.05, 4.69) is 5.32 Å². The van der Waals surface area contributed by atoms with Gasteiger partial charge < -0.3 is 15.0 Å². The molecule has 2 heterocycles. The number of piperidine rings is 1. The molecule has 1 spiro atoms. The van der Waals surface area contributed by atoms with Crippen LogP contribution in [0.5, 0.6) is 5.75 Å². The number of rotatable bonds is 7. The summed E-state index contributed by atoms with van der Waals surface area (Å²) in [5.41, 5.74) is 0.230. The number of carbonyl (C=O) groups is 4. The number of halogens is 1. The number of likely N-dealkylation sites (N-methyl/N-ethyl adjacent to an activating group) is 1. The number of carbonyl (C=O) groups excluding carboxylic acids is 4. The maximum absolute atomic E-state index is 13.9. The molecular formula is C29H35FN4O5. The average Bonchev–Trinajstić information content (AvgIpc) is 3.11. The number of benzene rings is 2. The second-order valence-electron chi connectivity index (χ2n) is 10.4. The zero-order chi connectivity index (χ0) is 28.5. The van der Waals surface area contributed by atoms with Crippen molar-refractivity contribution in [2.24, 2.45) is 5.92 Å². The second-order valence-corrected chi connectivity index (χ2v) is 10.4. The Morgan fingerprint density at radius 1 is 1.10 bits per heavy atom. The van der Waals surface area contributed by atoms with Gasteiger partial charge in [0.25, 0.3) is 11.8 Å². The molecule has 0 unspecified atom stereocenters. The summed E-state index contributed by atoms with van der Waals surface area (Å²) in [6.45, 7) is 5.98. The Morgan fingerprint density at radius 3 is 2.31 bits per heavy atom. The third kappa shape index (κ3) is 5.20. The highest BCUT2D eigenvalue weighted by molar-refractivity contribution is 6.16. The monoisotopic (exact) mass is 538 g/mol. The summed E-state index contributed by atoms with van der Waals surface area (Å²) in [6, 6.07) is 9.78. The Hall–Kier alpha value is -3.95. The van der Waals surface area contributed by atoms with Gasteiger partial charge in [-0.2, -0.15) is 0 Å². The first kappa shape index (κ1) is 28.1. The highest BCUT2D eigenvalue weighted by Crippen LogP contribution is 2.40. The van der Waals surface area contributed by atoms with Crippen LogP contribution >= 0.6 is 0 Å². The van der Waals surface area contributed by atoms with Crippen LogP contribution in [0.3, 0.4) is 0 Å². The Balaban J connectivity index is 1.54. The largest absolute Gasteiger partial charge is 0.497 e. The van der Waals surface area contributed by atoms with E-state index in [-0.39, 0.29) is 49.2 Å². The molecule has 2 aromatic carbocycles. The average molecular weight is 539 g/mol. The molecule has 0 bridgehead atoms. The van der Waals surface area contributed by atoms with Crippen molar-refractivity contribution in [1.29, 1.82) is 0 Å². The third-order valence-corrected chi connectivity index (χ3v) is 7.91. The number of imide groups is 1. The SMILES string of the molecule is CC[C@@H](C)[C@@H](NC(=O)c1cc(C)cc(F)c1)C(=O)N1CCC2(CC1)C(=O)N(C)C(=O)N2c1ccc(OC)cc1. The molecule has 10 heteroatoms. The maximum atomic E-state index is 13.9. The summed E-state index contributed by atoms with van der Waals surface area (Å²) in [7, 11) is 3.02. The van der Waals surface area contributed by atoms with Crippen molar-refractivity contribution in [2.45, 2.75) is 51.6 Å². The van der Waals surface area contributed by atoms with Gasteiger partial charge in [0.15, 0.2) is 0 Å². The smallest absolute Gasteiger partial charge is 0.331 e. The van der Waals surface area contributed by atoms with Gasteiger partial charge in [-0.25, -0.2) is 9.18 Å². The van der Waals surface area contributed by atoms with Gasteiger partial charge in [-0.05, 0) is 73.7 Å². The predicted molar refractivity (Wildman–Crippen MR) is 144 cm³/mol. The number of ether oxygens (including phenoxy) is 1. The molecule has 2 aliphatic rings. The highest BCUT2D eigenvalue weighted by atomic mass is 19.1. The van der Waals surface area contributed by atoms with Crippen LogP contribution < -0.4 is 15.0 Å². The standard InChI is InChI=1S/C29H35FN4O5/c1-6-19(3)24(31-25(35)20-15-18(2)16-21(30)17-20)26(36)33-13-11-29(12-14-33)27(37)32(4)28(38)34(29)22-7-9-23(39-5)10-8-22/h7-10,15-17,19,24H,6,11-14H2,1-5H3,(H,31,35)/t19-,24-/m1/s1. The number of nitrogens with zero attached hydrogens (tertiary/aromatic N) is 3. The summed E-state index contributed by atoms with van der Waals surface area (Å²) in [5.74, 6) is -1.15. The lowest BCUT2D eigenvalue weighted by atomic mass is 9.84. The van der Waals surface area contributed by atoms with Crippen LogP contribution in [0.25, 0.3) is 0 Å². The van der Waals surface area contributed by atoms with Crippen LogP contribution in [0.2, 0.25) is 0 Å². The zero-order valence-corrected chi connectivity index (χ0v) is 23.0. The Morgan fingerprint density at radius 2 is 1.74 bits per heavy atom. The quantitative estimate of drug-likeness (QED) is 0.542. The van der Waals surface area contributed by atoms with Gasteiger partial charge >= 0.3 is 6.03 Å². The fourth-order valence-corrected chi connectivity index (χ4v) is 5.42. The van der Waals surface area contributed by atoms with Crippen molar-refractivity contribution in [3.05, 3.63) is 59.4 Å². The molecule has 0 radical (unpaired) electrons.